The molecular weight excluding hydrogens is 306 g/mol. The van der Waals surface area contributed by atoms with E-state index >= 15 is 0 Å². The van der Waals surface area contributed by atoms with Crippen molar-refractivity contribution in [2.75, 3.05) is 6.54 Å². The van der Waals surface area contributed by atoms with Gasteiger partial charge in [-0.1, -0.05) is 38.1 Å². The Morgan fingerprint density at radius 3 is 2.54 bits per heavy atom. The lowest BCUT2D eigenvalue weighted by atomic mass is 10.1. The first kappa shape index (κ1) is 17.7. The fourth-order valence-electron chi connectivity index (χ4n) is 2.31. The third-order valence-corrected chi connectivity index (χ3v) is 3.75. The van der Waals surface area contributed by atoms with E-state index < -0.39 is 11.2 Å². The van der Waals surface area contributed by atoms with Crippen molar-refractivity contribution in [3.8, 4) is 0 Å². The number of nitrogens with one attached hydrogen (secondary N) is 1. The Hall–Kier alpha value is -2.63. The molecule has 128 valence electrons. The number of hydrogen-bond acceptors (Lipinski definition) is 3. The van der Waals surface area contributed by atoms with Crippen molar-refractivity contribution in [3.05, 3.63) is 68.5 Å². The highest BCUT2D eigenvalue weighted by Gasteiger charge is 2.11. The molecule has 1 aromatic heterocycles. The SMILES string of the molecule is Cc1ccccc1Cn1ccc(=O)n(CC(=O)NCC(C)C)c1=O. The Bertz CT molecular complexity index is 834. The molecular formula is C18H23N3O3. The van der Waals surface area contributed by atoms with E-state index in [1.54, 1.807) is 0 Å². The second kappa shape index (κ2) is 7.77. The highest BCUT2D eigenvalue weighted by Crippen LogP contribution is 2.07. The predicted octanol–water partition coefficient (Wildman–Crippen LogP) is 1.14. The van der Waals surface area contributed by atoms with Gasteiger partial charge in [-0.15, -0.1) is 0 Å². The van der Waals surface area contributed by atoms with Crippen LogP contribution in [-0.4, -0.2) is 21.6 Å². The third-order valence-electron chi connectivity index (χ3n) is 3.75. The molecule has 2 rings (SSSR count). The van der Waals surface area contributed by atoms with Crippen LogP contribution in [0.1, 0.15) is 25.0 Å². The van der Waals surface area contributed by atoms with Crippen LogP contribution in [0.4, 0.5) is 0 Å². The summed E-state index contributed by atoms with van der Waals surface area (Å²) < 4.78 is 2.41. The van der Waals surface area contributed by atoms with Gasteiger partial charge in [0, 0.05) is 18.8 Å². The van der Waals surface area contributed by atoms with Crippen molar-refractivity contribution >= 4 is 5.91 Å². The summed E-state index contributed by atoms with van der Waals surface area (Å²) in [4.78, 5) is 36.4. The highest BCUT2D eigenvalue weighted by molar-refractivity contribution is 5.75. The van der Waals surface area contributed by atoms with Gasteiger partial charge in [-0.2, -0.15) is 0 Å². The normalized spacial score (nSPS) is 10.8. The van der Waals surface area contributed by atoms with Gasteiger partial charge < -0.3 is 5.32 Å². The van der Waals surface area contributed by atoms with E-state index in [9.17, 15) is 14.4 Å². The van der Waals surface area contributed by atoms with Crippen LogP contribution in [0.25, 0.3) is 0 Å². The molecule has 1 N–H and O–H groups in total. The van der Waals surface area contributed by atoms with E-state index in [4.69, 9.17) is 0 Å². The molecule has 1 amide bonds. The van der Waals surface area contributed by atoms with E-state index in [0.717, 1.165) is 15.7 Å². The Morgan fingerprint density at radius 2 is 1.88 bits per heavy atom. The Morgan fingerprint density at radius 1 is 1.17 bits per heavy atom. The van der Waals surface area contributed by atoms with Gasteiger partial charge in [0.2, 0.25) is 5.91 Å². The molecule has 0 saturated heterocycles. The fraction of sp³-hybridized carbons (Fsp3) is 0.389. The first-order chi connectivity index (χ1) is 11.4. The number of hydrogen-bond donors (Lipinski definition) is 1. The molecule has 24 heavy (non-hydrogen) atoms. The maximum atomic E-state index is 12.5. The van der Waals surface area contributed by atoms with Gasteiger partial charge in [-0.3, -0.25) is 18.7 Å². The Labute approximate surface area is 140 Å². The molecule has 2 aromatic rings. The summed E-state index contributed by atoms with van der Waals surface area (Å²) >= 11 is 0. The molecule has 0 saturated carbocycles. The lowest BCUT2D eigenvalue weighted by Crippen LogP contribution is -2.43. The van der Waals surface area contributed by atoms with Crippen LogP contribution in [0.5, 0.6) is 0 Å². The number of amides is 1. The van der Waals surface area contributed by atoms with Crippen molar-refractivity contribution in [1.82, 2.24) is 14.5 Å². The zero-order valence-corrected chi connectivity index (χ0v) is 14.3. The molecule has 0 aliphatic carbocycles. The Balaban J connectivity index is 2.24. The summed E-state index contributed by atoms with van der Waals surface area (Å²) in [6, 6.07) is 9.06. The van der Waals surface area contributed by atoms with Crippen molar-refractivity contribution in [1.29, 1.82) is 0 Å². The van der Waals surface area contributed by atoms with Crippen LogP contribution in [0.15, 0.2) is 46.1 Å². The fourth-order valence-corrected chi connectivity index (χ4v) is 2.31. The van der Waals surface area contributed by atoms with E-state index in [1.807, 2.05) is 45.0 Å². The van der Waals surface area contributed by atoms with E-state index in [1.165, 1.54) is 16.8 Å². The lowest BCUT2D eigenvalue weighted by Gasteiger charge is -2.12. The van der Waals surface area contributed by atoms with Crippen molar-refractivity contribution in [2.24, 2.45) is 5.92 Å². The van der Waals surface area contributed by atoms with E-state index in [-0.39, 0.29) is 12.5 Å². The summed E-state index contributed by atoms with van der Waals surface area (Å²) in [5, 5.41) is 2.72. The molecule has 1 aromatic carbocycles. The minimum Gasteiger partial charge on any atom is -0.354 e. The molecule has 0 spiro atoms. The van der Waals surface area contributed by atoms with Crippen LogP contribution in [0.3, 0.4) is 0 Å². The standard InChI is InChI=1S/C18H23N3O3/c1-13(2)10-19-16(22)12-21-17(23)8-9-20(18(21)24)11-15-7-5-4-6-14(15)3/h4-9,13H,10-12H2,1-3H3,(H,19,22). The third kappa shape index (κ3) is 4.44. The molecule has 1 heterocycles. The van der Waals surface area contributed by atoms with Crippen molar-refractivity contribution in [3.63, 3.8) is 0 Å². The maximum Gasteiger partial charge on any atom is 0.331 e. The van der Waals surface area contributed by atoms with Crippen LogP contribution in [-0.2, 0) is 17.9 Å². The average Bonchev–Trinajstić information content (AvgIpc) is 2.54. The molecule has 0 unspecified atom stereocenters. The molecule has 0 atom stereocenters. The van der Waals surface area contributed by atoms with Crippen molar-refractivity contribution in [2.45, 2.75) is 33.9 Å². The summed E-state index contributed by atoms with van der Waals surface area (Å²) in [5.41, 5.74) is 1.11. The minimum absolute atomic E-state index is 0.265. The van der Waals surface area contributed by atoms with Gasteiger partial charge in [-0.25, -0.2) is 4.79 Å². The van der Waals surface area contributed by atoms with Crippen LogP contribution in [0, 0.1) is 12.8 Å². The van der Waals surface area contributed by atoms with Gasteiger partial charge in [0.05, 0.1) is 6.54 Å². The number of rotatable bonds is 6. The van der Waals surface area contributed by atoms with Crippen LogP contribution >= 0.6 is 0 Å². The molecule has 6 nitrogen and oxygen atoms in total. The van der Waals surface area contributed by atoms with Gasteiger partial charge in [-0.05, 0) is 24.0 Å². The molecule has 0 aliphatic heterocycles. The summed E-state index contributed by atoms with van der Waals surface area (Å²) in [5.74, 6) is -0.0318. The predicted molar refractivity (Wildman–Crippen MR) is 93.1 cm³/mol. The Kier molecular flexibility index (Phi) is 5.73. The highest BCUT2D eigenvalue weighted by atomic mass is 16.2. The summed E-state index contributed by atoms with van der Waals surface area (Å²) in [6.45, 7) is 6.53. The largest absolute Gasteiger partial charge is 0.354 e. The topological polar surface area (TPSA) is 73.1 Å². The van der Waals surface area contributed by atoms with Crippen LogP contribution in [0.2, 0.25) is 0 Å². The summed E-state index contributed by atoms with van der Waals surface area (Å²) in [6.07, 6.45) is 1.47. The van der Waals surface area contributed by atoms with E-state index in [0.29, 0.717) is 19.0 Å². The molecule has 0 radical (unpaired) electrons. The lowest BCUT2D eigenvalue weighted by molar-refractivity contribution is -0.121. The molecule has 0 fully saturated rings. The van der Waals surface area contributed by atoms with Gasteiger partial charge >= 0.3 is 5.69 Å². The number of carbonyl (C=O) groups is 1. The number of carbonyl (C=O) groups excluding carboxylic acids is 1. The number of benzene rings is 1. The second-order valence-electron chi connectivity index (χ2n) is 6.28. The minimum atomic E-state index is -0.481. The smallest absolute Gasteiger partial charge is 0.331 e. The summed E-state index contributed by atoms with van der Waals surface area (Å²) in [7, 11) is 0. The van der Waals surface area contributed by atoms with E-state index in [2.05, 4.69) is 5.32 Å². The maximum absolute atomic E-state index is 12.5. The van der Waals surface area contributed by atoms with Crippen molar-refractivity contribution < 1.29 is 4.79 Å². The zero-order chi connectivity index (χ0) is 17.7. The number of aryl methyl sites for hydroxylation is 1. The van der Waals surface area contributed by atoms with Gasteiger partial charge in [0.15, 0.2) is 0 Å². The molecule has 0 bridgehead atoms. The quantitative estimate of drug-likeness (QED) is 0.864. The van der Waals surface area contributed by atoms with Crippen LogP contribution < -0.4 is 16.6 Å². The zero-order valence-electron chi connectivity index (χ0n) is 14.3. The van der Waals surface area contributed by atoms with Gasteiger partial charge in [0.1, 0.15) is 6.54 Å². The molecule has 0 aliphatic rings. The number of aromatic nitrogens is 2. The number of nitrogens with zero attached hydrogens (tertiary/aromatic N) is 2. The first-order valence-corrected chi connectivity index (χ1v) is 8.00. The van der Waals surface area contributed by atoms with Gasteiger partial charge in [0.25, 0.3) is 5.56 Å². The average molecular weight is 329 g/mol. The second-order valence-corrected chi connectivity index (χ2v) is 6.28. The molecule has 6 heteroatoms. The first-order valence-electron chi connectivity index (χ1n) is 8.00. The monoisotopic (exact) mass is 329 g/mol.